The van der Waals surface area contributed by atoms with Crippen LogP contribution in [0.1, 0.15) is 18.4 Å². The number of hydrogen-bond donors (Lipinski definition) is 1. The van der Waals surface area contributed by atoms with Gasteiger partial charge in [0.2, 0.25) is 5.91 Å². The number of hydrogen-bond acceptors (Lipinski definition) is 4. The Balaban J connectivity index is 0.00000160. The lowest BCUT2D eigenvalue weighted by atomic mass is 9.95. The Labute approximate surface area is 192 Å². The van der Waals surface area contributed by atoms with E-state index in [-0.39, 0.29) is 42.8 Å². The molecule has 2 saturated heterocycles. The third kappa shape index (κ3) is 5.27. The Bertz CT molecular complexity index is 784. The summed E-state index contributed by atoms with van der Waals surface area (Å²) < 4.78 is 0. The van der Waals surface area contributed by atoms with Crippen LogP contribution in [-0.4, -0.2) is 67.1 Å². The van der Waals surface area contributed by atoms with Crippen molar-refractivity contribution in [2.75, 3.05) is 44.2 Å². The van der Waals surface area contributed by atoms with Crippen molar-refractivity contribution in [1.29, 1.82) is 0 Å². The standard InChI is InChI=1S/C23H30N4O.2ClH/c1-18(27-16-21(22(24)17-27)19-8-4-2-5-9-19)23(28)26-14-12-25(13-15-26)20-10-6-3-7-11-20;;/h2-11,18,21-22H,12-17,24H2,1H3;2*1H/t18?,21-,22+;;/m0../s1. The maximum Gasteiger partial charge on any atom is 0.239 e. The first-order valence-electron chi connectivity index (χ1n) is 10.3. The minimum Gasteiger partial charge on any atom is -0.368 e. The highest BCUT2D eigenvalue weighted by atomic mass is 35.5. The molecule has 2 heterocycles. The second-order valence-electron chi connectivity index (χ2n) is 7.96. The van der Waals surface area contributed by atoms with E-state index in [0.717, 1.165) is 39.3 Å². The lowest BCUT2D eigenvalue weighted by Crippen LogP contribution is -2.54. The van der Waals surface area contributed by atoms with Gasteiger partial charge in [-0.15, -0.1) is 24.8 Å². The Morgan fingerprint density at radius 2 is 1.47 bits per heavy atom. The van der Waals surface area contributed by atoms with Crippen molar-refractivity contribution < 1.29 is 4.79 Å². The van der Waals surface area contributed by atoms with Crippen LogP contribution in [0.2, 0.25) is 0 Å². The molecule has 0 saturated carbocycles. The van der Waals surface area contributed by atoms with Crippen molar-refractivity contribution in [3.8, 4) is 0 Å². The van der Waals surface area contributed by atoms with Crippen molar-refractivity contribution in [1.82, 2.24) is 9.80 Å². The van der Waals surface area contributed by atoms with Gasteiger partial charge in [-0.3, -0.25) is 9.69 Å². The first-order chi connectivity index (χ1) is 13.6. The zero-order valence-corrected chi connectivity index (χ0v) is 19.0. The highest BCUT2D eigenvalue weighted by Crippen LogP contribution is 2.28. The number of para-hydroxylation sites is 1. The molecule has 0 aliphatic carbocycles. The van der Waals surface area contributed by atoms with Crippen LogP contribution in [0, 0.1) is 0 Å². The largest absolute Gasteiger partial charge is 0.368 e. The minimum atomic E-state index is -0.122. The van der Waals surface area contributed by atoms with Crippen LogP contribution in [0.5, 0.6) is 0 Å². The Hall–Kier alpha value is -1.79. The molecular weight excluding hydrogens is 419 g/mol. The molecule has 1 amide bonds. The molecule has 0 radical (unpaired) electrons. The summed E-state index contributed by atoms with van der Waals surface area (Å²) >= 11 is 0. The molecule has 2 aliphatic heterocycles. The quantitative estimate of drug-likeness (QED) is 0.777. The maximum absolute atomic E-state index is 13.1. The second-order valence-corrected chi connectivity index (χ2v) is 7.96. The molecular formula is C23H32Cl2N4O. The molecule has 2 aromatic carbocycles. The smallest absolute Gasteiger partial charge is 0.239 e. The first kappa shape index (κ1) is 24.5. The summed E-state index contributed by atoms with van der Waals surface area (Å²) in [6.07, 6.45) is 0. The number of carbonyl (C=O) groups is 1. The Morgan fingerprint density at radius 3 is 2.07 bits per heavy atom. The molecule has 2 fully saturated rings. The zero-order chi connectivity index (χ0) is 19.5. The van der Waals surface area contributed by atoms with E-state index in [0.29, 0.717) is 5.92 Å². The van der Waals surface area contributed by atoms with E-state index in [1.165, 1.54) is 11.3 Å². The Morgan fingerprint density at radius 1 is 0.900 bits per heavy atom. The number of halogens is 2. The fourth-order valence-corrected chi connectivity index (χ4v) is 4.47. The van der Waals surface area contributed by atoms with Crippen LogP contribution in [0.15, 0.2) is 60.7 Å². The molecule has 1 unspecified atom stereocenters. The number of rotatable bonds is 4. The number of carbonyl (C=O) groups excluding carboxylic acids is 1. The van der Waals surface area contributed by atoms with E-state index in [2.05, 4.69) is 58.3 Å². The molecule has 0 aromatic heterocycles. The van der Waals surface area contributed by atoms with Crippen molar-refractivity contribution in [2.45, 2.75) is 24.9 Å². The molecule has 3 atom stereocenters. The SMILES string of the molecule is CC(C(=O)N1CCN(c2ccccc2)CC1)N1C[C@@H](N)[C@H](c2ccccc2)C1.Cl.Cl. The minimum absolute atomic E-state index is 0. The monoisotopic (exact) mass is 450 g/mol. The molecule has 30 heavy (non-hydrogen) atoms. The van der Waals surface area contributed by atoms with Crippen LogP contribution in [0.3, 0.4) is 0 Å². The Kier molecular flexibility index (Phi) is 8.98. The molecule has 164 valence electrons. The summed E-state index contributed by atoms with van der Waals surface area (Å²) in [6, 6.07) is 20.8. The van der Waals surface area contributed by atoms with E-state index in [9.17, 15) is 4.79 Å². The van der Waals surface area contributed by atoms with Gasteiger partial charge >= 0.3 is 0 Å². The summed E-state index contributed by atoms with van der Waals surface area (Å²) in [5, 5.41) is 0. The van der Waals surface area contributed by atoms with Crippen LogP contribution in [0.4, 0.5) is 5.69 Å². The van der Waals surface area contributed by atoms with E-state index >= 15 is 0 Å². The van der Waals surface area contributed by atoms with Crippen molar-refractivity contribution in [2.24, 2.45) is 5.73 Å². The number of piperazine rings is 1. The molecule has 2 aliphatic rings. The summed E-state index contributed by atoms with van der Waals surface area (Å²) in [7, 11) is 0. The zero-order valence-electron chi connectivity index (χ0n) is 17.4. The van der Waals surface area contributed by atoms with Crippen LogP contribution in [-0.2, 0) is 4.79 Å². The molecule has 4 rings (SSSR count). The van der Waals surface area contributed by atoms with Gasteiger partial charge in [-0.05, 0) is 24.6 Å². The summed E-state index contributed by atoms with van der Waals surface area (Å²) in [5.41, 5.74) is 8.93. The highest BCUT2D eigenvalue weighted by Gasteiger charge is 2.37. The van der Waals surface area contributed by atoms with Crippen LogP contribution >= 0.6 is 24.8 Å². The van der Waals surface area contributed by atoms with Gasteiger partial charge in [0.1, 0.15) is 0 Å². The maximum atomic E-state index is 13.1. The number of nitrogens with zero attached hydrogens (tertiary/aromatic N) is 3. The molecule has 2 N–H and O–H groups in total. The van der Waals surface area contributed by atoms with Gasteiger partial charge in [0.25, 0.3) is 0 Å². The highest BCUT2D eigenvalue weighted by molar-refractivity contribution is 5.85. The van der Waals surface area contributed by atoms with Gasteiger partial charge in [-0.25, -0.2) is 0 Å². The first-order valence-corrected chi connectivity index (χ1v) is 10.3. The van der Waals surface area contributed by atoms with Gasteiger partial charge in [-0.2, -0.15) is 0 Å². The predicted octanol–water partition coefficient (Wildman–Crippen LogP) is 2.99. The number of likely N-dealkylation sites (tertiary alicyclic amines) is 1. The topological polar surface area (TPSA) is 52.8 Å². The summed E-state index contributed by atoms with van der Waals surface area (Å²) in [4.78, 5) is 19.7. The van der Waals surface area contributed by atoms with E-state index in [1.54, 1.807) is 0 Å². The van der Waals surface area contributed by atoms with Crippen molar-refractivity contribution >= 4 is 36.4 Å². The average molecular weight is 451 g/mol. The number of anilines is 1. The summed E-state index contributed by atoms with van der Waals surface area (Å²) in [6.45, 7) is 6.98. The normalized spacial score (nSPS) is 22.7. The van der Waals surface area contributed by atoms with Crippen molar-refractivity contribution in [3.05, 3.63) is 66.2 Å². The van der Waals surface area contributed by atoms with E-state index < -0.39 is 0 Å². The molecule has 0 spiro atoms. The lowest BCUT2D eigenvalue weighted by Gasteiger charge is -2.38. The number of benzene rings is 2. The second kappa shape index (κ2) is 11.0. The molecule has 5 nitrogen and oxygen atoms in total. The van der Waals surface area contributed by atoms with Gasteiger partial charge in [0.15, 0.2) is 0 Å². The van der Waals surface area contributed by atoms with Gasteiger partial charge < -0.3 is 15.5 Å². The average Bonchev–Trinajstić information content (AvgIpc) is 3.15. The number of nitrogens with two attached hydrogens (primary N) is 1. The van der Waals surface area contributed by atoms with Crippen LogP contribution in [0.25, 0.3) is 0 Å². The fourth-order valence-electron chi connectivity index (χ4n) is 4.47. The van der Waals surface area contributed by atoms with E-state index in [1.807, 2.05) is 24.0 Å². The molecule has 2 aromatic rings. The van der Waals surface area contributed by atoms with Gasteiger partial charge in [-0.1, -0.05) is 48.5 Å². The third-order valence-corrected chi connectivity index (χ3v) is 6.24. The fraction of sp³-hybridized carbons (Fsp3) is 0.435. The van der Waals surface area contributed by atoms with Gasteiger partial charge in [0, 0.05) is 56.9 Å². The number of amides is 1. The van der Waals surface area contributed by atoms with Crippen LogP contribution < -0.4 is 10.6 Å². The summed E-state index contributed by atoms with van der Waals surface area (Å²) in [5.74, 6) is 0.528. The molecule has 0 bridgehead atoms. The van der Waals surface area contributed by atoms with E-state index in [4.69, 9.17) is 5.73 Å². The lowest BCUT2D eigenvalue weighted by molar-refractivity contribution is -0.136. The predicted molar refractivity (Wildman–Crippen MR) is 128 cm³/mol. The van der Waals surface area contributed by atoms with Crippen molar-refractivity contribution in [3.63, 3.8) is 0 Å². The third-order valence-electron chi connectivity index (χ3n) is 6.24. The molecule has 7 heteroatoms. The van der Waals surface area contributed by atoms with Gasteiger partial charge in [0.05, 0.1) is 6.04 Å².